The average molecular weight is 386 g/mol. The van der Waals surface area contributed by atoms with Crippen molar-refractivity contribution in [2.24, 2.45) is 0 Å². The summed E-state index contributed by atoms with van der Waals surface area (Å²) < 4.78 is 5.96. The maximum atomic E-state index is 13.3. The molecule has 0 aliphatic carbocycles. The fraction of sp³-hybridized carbons (Fsp3) is 0.269. The van der Waals surface area contributed by atoms with E-state index in [-0.39, 0.29) is 17.9 Å². The van der Waals surface area contributed by atoms with E-state index in [0.717, 1.165) is 5.56 Å². The van der Waals surface area contributed by atoms with Gasteiger partial charge in [0.25, 0.3) is 0 Å². The van der Waals surface area contributed by atoms with E-state index in [1.165, 1.54) is 16.7 Å². The molecular formula is C26H27NO2. The molecular weight excluding hydrogens is 358 g/mol. The Morgan fingerprint density at radius 2 is 1.52 bits per heavy atom. The van der Waals surface area contributed by atoms with Crippen molar-refractivity contribution in [1.82, 2.24) is 4.90 Å². The quantitative estimate of drug-likeness (QED) is 0.610. The number of amides is 1. The first-order valence-corrected chi connectivity index (χ1v) is 10.3. The zero-order valence-electron chi connectivity index (χ0n) is 16.8. The lowest BCUT2D eigenvalue weighted by molar-refractivity contribution is -0.139. The van der Waals surface area contributed by atoms with Gasteiger partial charge in [0.15, 0.2) is 0 Å². The van der Waals surface area contributed by atoms with Gasteiger partial charge in [0.2, 0.25) is 5.91 Å². The first kappa shape index (κ1) is 19.4. The normalized spacial score (nSPS) is 16.8. The Kier molecular flexibility index (Phi) is 6.06. The van der Waals surface area contributed by atoms with Crippen LogP contribution in [0, 0.1) is 6.92 Å². The maximum absolute atomic E-state index is 13.3. The Morgan fingerprint density at radius 3 is 2.10 bits per heavy atom. The van der Waals surface area contributed by atoms with Crippen LogP contribution in [0.25, 0.3) is 0 Å². The predicted octanol–water partition coefficient (Wildman–Crippen LogP) is 5.12. The smallest absolute Gasteiger partial charge is 0.223 e. The van der Waals surface area contributed by atoms with Crippen LogP contribution >= 0.6 is 0 Å². The molecule has 0 N–H and O–H groups in total. The van der Waals surface area contributed by atoms with Gasteiger partial charge < -0.3 is 9.64 Å². The number of morpholine rings is 1. The van der Waals surface area contributed by atoms with Gasteiger partial charge in [-0.2, -0.15) is 0 Å². The lowest BCUT2D eigenvalue weighted by Gasteiger charge is -2.34. The zero-order chi connectivity index (χ0) is 20.1. The molecule has 3 aromatic carbocycles. The Labute approximate surface area is 172 Å². The van der Waals surface area contributed by atoms with E-state index in [1.807, 2.05) is 41.3 Å². The second-order valence-electron chi connectivity index (χ2n) is 7.69. The third-order valence-electron chi connectivity index (χ3n) is 5.65. The highest BCUT2D eigenvalue weighted by Gasteiger charge is 2.28. The molecule has 1 heterocycles. The lowest BCUT2D eigenvalue weighted by atomic mass is 9.88. The summed E-state index contributed by atoms with van der Waals surface area (Å²) in [6.45, 7) is 3.91. The molecule has 1 amide bonds. The summed E-state index contributed by atoms with van der Waals surface area (Å²) in [6.07, 6.45) is 0.412. The minimum Gasteiger partial charge on any atom is -0.370 e. The van der Waals surface area contributed by atoms with Crippen molar-refractivity contribution in [2.75, 3.05) is 19.7 Å². The fourth-order valence-corrected chi connectivity index (χ4v) is 3.96. The van der Waals surface area contributed by atoms with Crippen LogP contribution in [0.4, 0.5) is 0 Å². The molecule has 0 aromatic heterocycles. The molecule has 1 aliphatic heterocycles. The molecule has 1 fully saturated rings. The van der Waals surface area contributed by atoms with Gasteiger partial charge in [0, 0.05) is 18.9 Å². The molecule has 3 heteroatoms. The topological polar surface area (TPSA) is 29.5 Å². The van der Waals surface area contributed by atoms with Crippen LogP contribution in [-0.2, 0) is 9.53 Å². The van der Waals surface area contributed by atoms with Crippen molar-refractivity contribution in [3.8, 4) is 0 Å². The van der Waals surface area contributed by atoms with E-state index in [0.29, 0.717) is 26.1 Å². The van der Waals surface area contributed by atoms with Crippen molar-refractivity contribution in [1.29, 1.82) is 0 Å². The van der Waals surface area contributed by atoms with Gasteiger partial charge in [-0.05, 0) is 23.6 Å². The second-order valence-corrected chi connectivity index (χ2v) is 7.69. The molecule has 4 rings (SSSR count). The fourth-order valence-electron chi connectivity index (χ4n) is 3.96. The minimum atomic E-state index is -0.0554. The molecule has 3 aromatic rings. The highest BCUT2D eigenvalue weighted by atomic mass is 16.5. The van der Waals surface area contributed by atoms with Crippen LogP contribution < -0.4 is 0 Å². The Morgan fingerprint density at radius 1 is 0.931 bits per heavy atom. The highest BCUT2D eigenvalue weighted by Crippen LogP contribution is 2.30. The molecule has 3 nitrogen and oxygen atoms in total. The van der Waals surface area contributed by atoms with Crippen LogP contribution in [0.2, 0.25) is 0 Å². The Balaban J connectivity index is 1.50. The van der Waals surface area contributed by atoms with Crippen molar-refractivity contribution in [2.45, 2.75) is 25.4 Å². The van der Waals surface area contributed by atoms with E-state index in [4.69, 9.17) is 4.74 Å². The Bertz CT molecular complexity index is 882. The third-order valence-corrected chi connectivity index (χ3v) is 5.65. The SMILES string of the molecule is Cc1ccc(C2CN(C(=O)CC(c3ccccc3)c3ccccc3)CCO2)cc1. The number of ether oxygens (including phenoxy) is 1. The van der Waals surface area contributed by atoms with E-state index < -0.39 is 0 Å². The van der Waals surface area contributed by atoms with Crippen LogP contribution in [0.3, 0.4) is 0 Å². The van der Waals surface area contributed by atoms with Crippen molar-refractivity contribution in [3.05, 3.63) is 107 Å². The lowest BCUT2D eigenvalue weighted by Crippen LogP contribution is -2.42. The number of rotatable bonds is 5. The number of carbonyl (C=O) groups excluding carboxylic acids is 1. The number of carbonyl (C=O) groups is 1. The zero-order valence-corrected chi connectivity index (χ0v) is 16.8. The molecule has 0 saturated carbocycles. The van der Waals surface area contributed by atoms with Crippen LogP contribution in [0.15, 0.2) is 84.9 Å². The van der Waals surface area contributed by atoms with E-state index >= 15 is 0 Å². The first-order valence-electron chi connectivity index (χ1n) is 10.3. The number of aryl methyl sites for hydroxylation is 1. The van der Waals surface area contributed by atoms with E-state index in [1.54, 1.807) is 0 Å². The molecule has 0 radical (unpaired) electrons. The molecule has 1 unspecified atom stereocenters. The summed E-state index contributed by atoms with van der Waals surface area (Å²) in [5.74, 6) is 0.244. The van der Waals surface area contributed by atoms with Gasteiger partial charge in [-0.1, -0.05) is 90.5 Å². The van der Waals surface area contributed by atoms with Gasteiger partial charge in [-0.15, -0.1) is 0 Å². The van der Waals surface area contributed by atoms with Gasteiger partial charge in [-0.3, -0.25) is 4.79 Å². The second kappa shape index (κ2) is 9.06. The van der Waals surface area contributed by atoms with E-state index in [2.05, 4.69) is 55.5 Å². The summed E-state index contributed by atoms with van der Waals surface area (Å²) >= 11 is 0. The summed E-state index contributed by atoms with van der Waals surface area (Å²) in [6, 6.07) is 29.0. The largest absolute Gasteiger partial charge is 0.370 e. The maximum Gasteiger partial charge on any atom is 0.223 e. The number of hydrogen-bond donors (Lipinski definition) is 0. The summed E-state index contributed by atoms with van der Waals surface area (Å²) in [7, 11) is 0. The predicted molar refractivity (Wildman–Crippen MR) is 116 cm³/mol. The van der Waals surface area contributed by atoms with Gasteiger partial charge in [0.1, 0.15) is 6.10 Å². The Hall–Kier alpha value is -2.91. The molecule has 148 valence electrons. The van der Waals surface area contributed by atoms with E-state index in [9.17, 15) is 4.79 Å². The van der Waals surface area contributed by atoms with Gasteiger partial charge >= 0.3 is 0 Å². The minimum absolute atomic E-state index is 0.0554. The average Bonchev–Trinajstić information content (AvgIpc) is 2.79. The summed E-state index contributed by atoms with van der Waals surface area (Å²) in [5, 5.41) is 0. The standard InChI is InChI=1S/C26H27NO2/c1-20-12-14-23(15-13-20)25-19-27(16-17-29-25)26(28)18-24(21-8-4-2-5-9-21)22-10-6-3-7-11-22/h2-15,24-25H,16-19H2,1H3. The number of benzene rings is 3. The number of hydrogen-bond acceptors (Lipinski definition) is 2. The van der Waals surface area contributed by atoms with Crippen molar-refractivity contribution < 1.29 is 9.53 Å². The number of nitrogens with zero attached hydrogens (tertiary/aromatic N) is 1. The molecule has 1 aliphatic rings. The first-order chi connectivity index (χ1) is 14.2. The van der Waals surface area contributed by atoms with Gasteiger partial charge in [0.05, 0.1) is 13.2 Å². The van der Waals surface area contributed by atoms with Crippen molar-refractivity contribution >= 4 is 5.91 Å². The summed E-state index contributed by atoms with van der Waals surface area (Å²) in [4.78, 5) is 15.2. The molecule has 1 saturated heterocycles. The molecule has 29 heavy (non-hydrogen) atoms. The van der Waals surface area contributed by atoms with Crippen LogP contribution in [-0.4, -0.2) is 30.5 Å². The summed E-state index contributed by atoms with van der Waals surface area (Å²) in [5.41, 5.74) is 4.72. The van der Waals surface area contributed by atoms with Crippen molar-refractivity contribution in [3.63, 3.8) is 0 Å². The molecule has 0 spiro atoms. The highest BCUT2D eigenvalue weighted by molar-refractivity contribution is 5.78. The third kappa shape index (κ3) is 4.75. The molecule has 1 atom stereocenters. The van der Waals surface area contributed by atoms with Crippen LogP contribution in [0.5, 0.6) is 0 Å². The monoisotopic (exact) mass is 385 g/mol. The van der Waals surface area contributed by atoms with Gasteiger partial charge in [-0.25, -0.2) is 0 Å². The molecule has 0 bridgehead atoms. The van der Waals surface area contributed by atoms with Crippen LogP contribution in [0.1, 0.15) is 40.7 Å².